The van der Waals surface area contributed by atoms with Crippen LogP contribution in [0.15, 0.2) is 12.3 Å². The quantitative estimate of drug-likeness (QED) is 0.239. The summed E-state index contributed by atoms with van der Waals surface area (Å²) in [6.45, 7) is 16.5. The number of anilines is 1. The molecule has 0 radical (unpaired) electrons. The molecule has 1 aromatic carbocycles. The molecular weight excluding hydrogens is 691 g/mol. The highest BCUT2D eigenvalue weighted by atomic mass is 35.5. The minimum Gasteiger partial charge on any atom is -0.444 e. The van der Waals surface area contributed by atoms with Crippen molar-refractivity contribution in [2.45, 2.75) is 116 Å². The van der Waals surface area contributed by atoms with E-state index in [-0.39, 0.29) is 24.3 Å². The summed E-state index contributed by atoms with van der Waals surface area (Å²) in [6.07, 6.45) is 6.16. The second-order valence-electron chi connectivity index (χ2n) is 15.4. The lowest BCUT2D eigenvalue weighted by molar-refractivity contribution is -0.132. The standard InChI is InChI=1S/C37H50Cl2N8O4/c1-8-37(7)22-44(34(48)24(3)38)16-17-45(37)33-31(28(20-40)46(42-33)25-12-14-43(15-13-25)35(49)51-36(4,5)6)30-26-21-41-47(29-11-9-10-18-50-29)27(26)19-23(2)32(30)39/h19,21,24-25,29H,8-18,22H2,1-7H3/t24?,29?,37-/m0/s1. The fraction of sp³-hybridized carbons (Fsp3) is 0.649. The van der Waals surface area contributed by atoms with Crippen molar-refractivity contribution < 1.29 is 19.1 Å². The van der Waals surface area contributed by atoms with Gasteiger partial charge >= 0.3 is 6.09 Å². The SMILES string of the molecule is CC[C@@]1(C)CN(C(=O)C(C)Cl)CCN1c1nn(C2CCN(C(=O)OC(C)(C)C)CC2)c(C#N)c1-c1c(Cl)c(C)cc2c1cnn2C1CCCCO1. The highest BCUT2D eigenvalue weighted by molar-refractivity contribution is 6.36. The number of benzene rings is 1. The third kappa shape index (κ3) is 7.14. The van der Waals surface area contributed by atoms with Gasteiger partial charge < -0.3 is 24.2 Å². The van der Waals surface area contributed by atoms with E-state index in [1.807, 2.05) is 54.2 Å². The number of fused-ring (bicyclic) bond motifs is 1. The molecule has 3 aliphatic rings. The lowest BCUT2D eigenvalue weighted by Gasteiger charge is -2.49. The Morgan fingerprint density at radius 2 is 1.84 bits per heavy atom. The van der Waals surface area contributed by atoms with Crippen molar-refractivity contribution >= 4 is 51.9 Å². The molecule has 2 amide bonds. The van der Waals surface area contributed by atoms with Crippen LogP contribution in [-0.4, -0.2) is 97.2 Å². The number of piperidine rings is 1. The zero-order valence-corrected chi connectivity index (χ0v) is 32.4. The van der Waals surface area contributed by atoms with Gasteiger partial charge in [0.15, 0.2) is 12.0 Å². The van der Waals surface area contributed by atoms with Crippen LogP contribution >= 0.6 is 23.2 Å². The molecule has 0 spiro atoms. The molecule has 14 heteroatoms. The van der Waals surface area contributed by atoms with E-state index in [9.17, 15) is 14.9 Å². The Labute approximate surface area is 310 Å². The Hall–Kier alpha value is -3.53. The van der Waals surface area contributed by atoms with Crippen molar-refractivity contribution in [1.29, 1.82) is 5.26 Å². The summed E-state index contributed by atoms with van der Waals surface area (Å²) < 4.78 is 15.6. The molecule has 3 aliphatic heterocycles. The van der Waals surface area contributed by atoms with Gasteiger partial charge in [0, 0.05) is 50.3 Å². The number of carbonyl (C=O) groups is 2. The van der Waals surface area contributed by atoms with Gasteiger partial charge in [-0.3, -0.25) is 4.79 Å². The van der Waals surface area contributed by atoms with Crippen molar-refractivity contribution in [1.82, 2.24) is 29.4 Å². The fourth-order valence-electron chi connectivity index (χ4n) is 7.69. The first kappa shape index (κ1) is 37.2. The van der Waals surface area contributed by atoms with E-state index >= 15 is 0 Å². The normalized spacial score (nSPS) is 22.7. The highest BCUT2D eigenvalue weighted by Gasteiger charge is 2.43. The summed E-state index contributed by atoms with van der Waals surface area (Å²) in [6, 6.07) is 4.43. The summed E-state index contributed by atoms with van der Waals surface area (Å²) >= 11 is 13.6. The van der Waals surface area contributed by atoms with E-state index in [0.29, 0.717) is 86.3 Å². The predicted molar refractivity (Wildman–Crippen MR) is 198 cm³/mol. The lowest BCUT2D eigenvalue weighted by atomic mass is 9.91. The molecule has 3 aromatic rings. The minimum absolute atomic E-state index is 0.100. The van der Waals surface area contributed by atoms with Crippen LogP contribution in [0.25, 0.3) is 22.0 Å². The van der Waals surface area contributed by atoms with Crippen molar-refractivity contribution in [3.05, 3.63) is 28.5 Å². The number of nitriles is 1. The Morgan fingerprint density at radius 1 is 1.12 bits per heavy atom. The van der Waals surface area contributed by atoms with Gasteiger partial charge in [-0.05, 0) is 91.7 Å². The molecule has 276 valence electrons. The molecule has 2 unspecified atom stereocenters. The number of alkyl halides is 1. The lowest BCUT2D eigenvalue weighted by Crippen LogP contribution is -2.63. The number of likely N-dealkylation sites (tertiary alicyclic amines) is 1. The molecule has 5 heterocycles. The number of ether oxygens (including phenoxy) is 2. The topological polar surface area (TPSA) is 122 Å². The van der Waals surface area contributed by atoms with Crippen LogP contribution in [0, 0.1) is 18.3 Å². The third-order valence-corrected chi connectivity index (χ3v) is 11.3. The first-order valence-corrected chi connectivity index (χ1v) is 19.0. The number of carbonyl (C=O) groups excluding carboxylic acids is 2. The number of halogens is 2. The van der Waals surface area contributed by atoms with Crippen molar-refractivity contribution in [2.24, 2.45) is 0 Å². The minimum atomic E-state index is -0.631. The Kier molecular flexibility index (Phi) is 10.6. The van der Waals surface area contributed by atoms with Gasteiger partial charge in [-0.15, -0.1) is 11.6 Å². The van der Waals surface area contributed by atoms with E-state index in [0.717, 1.165) is 35.7 Å². The zero-order chi connectivity index (χ0) is 36.8. The summed E-state index contributed by atoms with van der Waals surface area (Å²) in [5.41, 5.74) is 2.40. The Morgan fingerprint density at radius 3 is 2.45 bits per heavy atom. The molecule has 51 heavy (non-hydrogen) atoms. The maximum absolute atomic E-state index is 13.1. The number of aromatic nitrogens is 4. The van der Waals surface area contributed by atoms with Crippen LogP contribution in [0.2, 0.25) is 5.02 Å². The zero-order valence-electron chi connectivity index (χ0n) is 30.8. The molecule has 0 saturated carbocycles. The number of piperazine rings is 1. The average molecular weight is 742 g/mol. The van der Waals surface area contributed by atoms with Gasteiger partial charge in [0.2, 0.25) is 5.91 Å². The molecule has 2 aromatic heterocycles. The Balaban J connectivity index is 1.49. The summed E-state index contributed by atoms with van der Waals surface area (Å²) in [7, 11) is 0. The van der Waals surface area contributed by atoms with Crippen molar-refractivity contribution in [2.75, 3.05) is 44.2 Å². The van der Waals surface area contributed by atoms with Gasteiger partial charge in [-0.2, -0.15) is 15.5 Å². The number of rotatable bonds is 6. The first-order chi connectivity index (χ1) is 24.2. The maximum atomic E-state index is 13.1. The molecule has 6 rings (SSSR count). The smallest absolute Gasteiger partial charge is 0.410 e. The van der Waals surface area contributed by atoms with Crippen LogP contribution in [-0.2, 0) is 14.3 Å². The first-order valence-electron chi connectivity index (χ1n) is 18.2. The summed E-state index contributed by atoms with van der Waals surface area (Å²) in [4.78, 5) is 31.8. The van der Waals surface area contributed by atoms with E-state index in [1.54, 1.807) is 11.8 Å². The maximum Gasteiger partial charge on any atom is 0.410 e. The van der Waals surface area contributed by atoms with Crippen LogP contribution in [0.5, 0.6) is 0 Å². The molecule has 0 bridgehead atoms. The van der Waals surface area contributed by atoms with E-state index in [2.05, 4.69) is 24.8 Å². The molecular formula is C37H50Cl2N8O4. The number of aryl methyl sites for hydroxylation is 1. The molecule has 3 atom stereocenters. The number of hydrogen-bond acceptors (Lipinski definition) is 8. The Bertz CT molecular complexity index is 1830. The van der Waals surface area contributed by atoms with Crippen molar-refractivity contribution in [3.63, 3.8) is 0 Å². The average Bonchev–Trinajstić information content (AvgIpc) is 3.69. The van der Waals surface area contributed by atoms with E-state index in [1.165, 1.54) is 0 Å². The van der Waals surface area contributed by atoms with E-state index in [4.69, 9.17) is 42.9 Å². The van der Waals surface area contributed by atoms with Gasteiger partial charge in [0.1, 0.15) is 22.7 Å². The largest absolute Gasteiger partial charge is 0.444 e. The molecule has 0 N–H and O–H groups in total. The third-order valence-electron chi connectivity index (χ3n) is 10.6. The second-order valence-corrected chi connectivity index (χ2v) is 16.4. The van der Waals surface area contributed by atoms with Gasteiger partial charge in [-0.1, -0.05) is 18.5 Å². The summed E-state index contributed by atoms with van der Waals surface area (Å²) in [5.74, 6) is 0.545. The molecule has 3 fully saturated rings. The fourth-order valence-corrected chi connectivity index (χ4v) is 8.07. The van der Waals surface area contributed by atoms with Gasteiger partial charge in [-0.25, -0.2) is 14.2 Å². The highest BCUT2D eigenvalue weighted by Crippen LogP contribution is 2.47. The van der Waals surface area contributed by atoms with Crippen LogP contribution in [0.4, 0.5) is 10.6 Å². The summed E-state index contributed by atoms with van der Waals surface area (Å²) in [5, 5.41) is 21.9. The van der Waals surface area contributed by atoms with Crippen molar-refractivity contribution in [3.8, 4) is 17.2 Å². The molecule has 3 saturated heterocycles. The second kappa shape index (κ2) is 14.5. The number of amides is 2. The number of hydrogen-bond donors (Lipinski definition) is 0. The molecule has 12 nitrogen and oxygen atoms in total. The van der Waals surface area contributed by atoms with Crippen LogP contribution < -0.4 is 4.90 Å². The monoisotopic (exact) mass is 740 g/mol. The van der Waals surface area contributed by atoms with Gasteiger partial charge in [0.25, 0.3) is 0 Å². The van der Waals surface area contributed by atoms with E-state index < -0.39 is 16.5 Å². The van der Waals surface area contributed by atoms with Gasteiger partial charge in [0.05, 0.1) is 33.9 Å². The molecule has 0 aliphatic carbocycles. The van der Waals surface area contributed by atoms with Crippen LogP contribution in [0.3, 0.4) is 0 Å². The van der Waals surface area contributed by atoms with Crippen LogP contribution in [0.1, 0.15) is 104 Å². The predicted octanol–water partition coefficient (Wildman–Crippen LogP) is 7.45. The number of nitrogens with zero attached hydrogens (tertiary/aromatic N) is 8.